The highest BCUT2D eigenvalue weighted by Crippen LogP contribution is 2.24. The minimum Gasteiger partial charge on any atom is -0.462 e. The van der Waals surface area contributed by atoms with Gasteiger partial charge in [0.1, 0.15) is 5.82 Å². The summed E-state index contributed by atoms with van der Waals surface area (Å²) in [6.07, 6.45) is 3.16. The van der Waals surface area contributed by atoms with Gasteiger partial charge in [0.15, 0.2) is 0 Å². The molecule has 0 N–H and O–H groups in total. The number of esters is 1. The third kappa shape index (κ3) is 2.37. The Morgan fingerprint density at radius 1 is 1.33 bits per heavy atom. The van der Waals surface area contributed by atoms with Gasteiger partial charge < -0.3 is 4.74 Å². The monoisotopic (exact) mass is 245 g/mol. The lowest BCUT2D eigenvalue weighted by atomic mass is 10.0. The lowest BCUT2D eigenvalue weighted by molar-refractivity contribution is 0.0521. The molecule has 0 spiro atoms. The number of rotatable bonds is 3. The van der Waals surface area contributed by atoms with E-state index in [0.29, 0.717) is 11.1 Å². The molecule has 0 fully saturated rings. The second kappa shape index (κ2) is 5.40. The van der Waals surface area contributed by atoms with Crippen LogP contribution in [-0.4, -0.2) is 17.6 Å². The predicted molar refractivity (Wildman–Crippen MR) is 65.6 cm³/mol. The van der Waals surface area contributed by atoms with Crippen LogP contribution >= 0.6 is 0 Å². The van der Waals surface area contributed by atoms with Crippen LogP contribution in [0.25, 0.3) is 11.1 Å². The summed E-state index contributed by atoms with van der Waals surface area (Å²) >= 11 is 0. The number of benzene rings is 1. The van der Waals surface area contributed by atoms with E-state index < -0.39 is 11.8 Å². The van der Waals surface area contributed by atoms with E-state index >= 15 is 0 Å². The van der Waals surface area contributed by atoms with Crippen molar-refractivity contribution in [3.63, 3.8) is 0 Å². The molecule has 4 heteroatoms. The van der Waals surface area contributed by atoms with E-state index in [1.54, 1.807) is 43.6 Å². The molecule has 0 atom stereocenters. The lowest BCUT2D eigenvalue weighted by Gasteiger charge is -2.07. The molecule has 3 nitrogen and oxygen atoms in total. The van der Waals surface area contributed by atoms with Crippen LogP contribution in [0.3, 0.4) is 0 Å². The number of halogens is 1. The van der Waals surface area contributed by atoms with Crippen LogP contribution in [0.1, 0.15) is 17.3 Å². The summed E-state index contributed by atoms with van der Waals surface area (Å²) in [7, 11) is 0. The van der Waals surface area contributed by atoms with Gasteiger partial charge in [-0.25, -0.2) is 9.18 Å². The standard InChI is InChI=1S/C14H12FNO2/c1-2-18-14(17)12-7-3-6-11(13(12)15)10-5-4-8-16-9-10/h3-9H,2H2,1H3. The highest BCUT2D eigenvalue weighted by Gasteiger charge is 2.16. The van der Waals surface area contributed by atoms with Gasteiger partial charge in [0.05, 0.1) is 12.2 Å². The number of carbonyl (C=O) groups is 1. The van der Waals surface area contributed by atoms with Gasteiger partial charge in [-0.1, -0.05) is 18.2 Å². The van der Waals surface area contributed by atoms with E-state index in [9.17, 15) is 9.18 Å². The lowest BCUT2D eigenvalue weighted by Crippen LogP contribution is -2.07. The molecule has 0 aliphatic carbocycles. The fraction of sp³-hybridized carbons (Fsp3) is 0.143. The molecule has 0 aliphatic rings. The number of pyridine rings is 1. The Bertz CT molecular complexity index is 555. The first-order valence-electron chi connectivity index (χ1n) is 5.60. The Morgan fingerprint density at radius 3 is 2.83 bits per heavy atom. The molecule has 0 aliphatic heterocycles. The maximum absolute atomic E-state index is 14.2. The minimum absolute atomic E-state index is 0.0572. The average Bonchev–Trinajstić information content (AvgIpc) is 2.40. The van der Waals surface area contributed by atoms with Crippen LogP contribution in [-0.2, 0) is 4.74 Å². The summed E-state index contributed by atoms with van der Waals surface area (Å²) in [5.74, 6) is -1.23. The van der Waals surface area contributed by atoms with Gasteiger partial charge in [-0.2, -0.15) is 0 Å². The molecule has 92 valence electrons. The molecule has 0 saturated heterocycles. The summed E-state index contributed by atoms with van der Waals surface area (Å²) in [6, 6.07) is 8.09. The predicted octanol–water partition coefficient (Wildman–Crippen LogP) is 3.06. The van der Waals surface area contributed by atoms with Gasteiger partial charge in [-0.3, -0.25) is 4.98 Å². The van der Waals surface area contributed by atoms with E-state index in [1.807, 2.05) is 0 Å². The van der Waals surface area contributed by atoms with Gasteiger partial charge in [-0.05, 0) is 19.1 Å². The summed E-state index contributed by atoms with van der Waals surface area (Å²) in [5, 5.41) is 0. The fourth-order valence-electron chi connectivity index (χ4n) is 1.64. The van der Waals surface area contributed by atoms with Gasteiger partial charge in [0.25, 0.3) is 0 Å². The van der Waals surface area contributed by atoms with E-state index in [1.165, 1.54) is 6.07 Å². The number of hydrogen-bond donors (Lipinski definition) is 0. The van der Waals surface area contributed by atoms with Crippen LogP contribution in [0.15, 0.2) is 42.7 Å². The van der Waals surface area contributed by atoms with Crippen molar-refractivity contribution in [2.75, 3.05) is 6.61 Å². The molecule has 0 unspecified atom stereocenters. The van der Waals surface area contributed by atoms with Crippen molar-refractivity contribution in [2.24, 2.45) is 0 Å². The van der Waals surface area contributed by atoms with Crippen LogP contribution in [0, 0.1) is 5.82 Å². The molecule has 0 saturated carbocycles. The summed E-state index contributed by atoms with van der Waals surface area (Å²) in [6.45, 7) is 1.90. The van der Waals surface area contributed by atoms with Crippen LogP contribution in [0.4, 0.5) is 4.39 Å². The molecule has 18 heavy (non-hydrogen) atoms. The SMILES string of the molecule is CCOC(=O)c1cccc(-c2cccnc2)c1F. The van der Waals surface area contributed by atoms with Crippen molar-refractivity contribution in [3.8, 4) is 11.1 Å². The Hall–Kier alpha value is -2.23. The smallest absolute Gasteiger partial charge is 0.341 e. The number of hydrogen-bond acceptors (Lipinski definition) is 3. The third-order valence-corrected chi connectivity index (χ3v) is 2.47. The number of nitrogens with zero attached hydrogens (tertiary/aromatic N) is 1. The van der Waals surface area contributed by atoms with Crippen molar-refractivity contribution in [1.29, 1.82) is 0 Å². The topological polar surface area (TPSA) is 39.2 Å². The molecule has 0 bridgehead atoms. The normalized spacial score (nSPS) is 10.1. The van der Waals surface area contributed by atoms with Gasteiger partial charge in [0, 0.05) is 23.5 Å². The number of ether oxygens (including phenoxy) is 1. The van der Waals surface area contributed by atoms with Crippen LogP contribution in [0.2, 0.25) is 0 Å². The second-order valence-electron chi connectivity index (χ2n) is 3.63. The van der Waals surface area contributed by atoms with Gasteiger partial charge in [-0.15, -0.1) is 0 Å². The summed E-state index contributed by atoms with van der Waals surface area (Å²) in [4.78, 5) is 15.5. The maximum Gasteiger partial charge on any atom is 0.341 e. The van der Waals surface area contributed by atoms with E-state index in [2.05, 4.69) is 4.98 Å². The molecule has 2 rings (SSSR count). The second-order valence-corrected chi connectivity index (χ2v) is 3.63. The Morgan fingerprint density at radius 2 is 2.17 bits per heavy atom. The molecular weight excluding hydrogens is 233 g/mol. The molecule has 1 aromatic carbocycles. The Balaban J connectivity index is 2.46. The molecular formula is C14H12FNO2. The molecule has 0 amide bonds. The molecule has 1 heterocycles. The first-order chi connectivity index (χ1) is 8.74. The zero-order valence-corrected chi connectivity index (χ0v) is 9.89. The van der Waals surface area contributed by atoms with E-state index in [0.717, 1.165) is 0 Å². The van der Waals surface area contributed by atoms with Crippen LogP contribution < -0.4 is 0 Å². The van der Waals surface area contributed by atoms with Crippen molar-refractivity contribution in [3.05, 3.63) is 54.1 Å². The van der Waals surface area contributed by atoms with Crippen LogP contribution in [0.5, 0.6) is 0 Å². The Kier molecular flexibility index (Phi) is 3.67. The van der Waals surface area contributed by atoms with Crippen molar-refractivity contribution >= 4 is 5.97 Å². The molecule has 2 aromatic rings. The zero-order valence-electron chi connectivity index (χ0n) is 9.89. The van der Waals surface area contributed by atoms with Gasteiger partial charge >= 0.3 is 5.97 Å². The number of aromatic nitrogens is 1. The quantitative estimate of drug-likeness (QED) is 0.780. The maximum atomic E-state index is 14.2. The minimum atomic E-state index is -0.652. The molecule has 0 radical (unpaired) electrons. The summed E-state index contributed by atoms with van der Waals surface area (Å²) in [5.41, 5.74) is 0.910. The zero-order chi connectivity index (χ0) is 13.0. The van der Waals surface area contributed by atoms with Crippen molar-refractivity contribution < 1.29 is 13.9 Å². The first kappa shape index (κ1) is 12.2. The van der Waals surface area contributed by atoms with E-state index in [4.69, 9.17) is 4.74 Å². The third-order valence-electron chi connectivity index (χ3n) is 2.47. The highest BCUT2D eigenvalue weighted by atomic mass is 19.1. The number of carbonyl (C=O) groups excluding carboxylic acids is 1. The largest absolute Gasteiger partial charge is 0.462 e. The Labute approximate surface area is 104 Å². The first-order valence-corrected chi connectivity index (χ1v) is 5.60. The van der Waals surface area contributed by atoms with E-state index in [-0.39, 0.29) is 12.2 Å². The molecule has 1 aromatic heterocycles. The average molecular weight is 245 g/mol. The highest BCUT2D eigenvalue weighted by molar-refractivity contribution is 5.91. The van der Waals surface area contributed by atoms with Crippen molar-refractivity contribution in [2.45, 2.75) is 6.92 Å². The van der Waals surface area contributed by atoms with Crippen molar-refractivity contribution in [1.82, 2.24) is 4.98 Å². The van der Waals surface area contributed by atoms with Gasteiger partial charge in [0.2, 0.25) is 0 Å². The summed E-state index contributed by atoms with van der Waals surface area (Å²) < 4.78 is 19.0. The fourth-order valence-corrected chi connectivity index (χ4v) is 1.64.